The van der Waals surface area contributed by atoms with E-state index >= 15 is 0 Å². The van der Waals surface area contributed by atoms with Gasteiger partial charge in [-0.05, 0) is 56.4 Å². The zero-order valence-corrected chi connectivity index (χ0v) is 15.2. The van der Waals surface area contributed by atoms with Crippen molar-refractivity contribution in [1.29, 1.82) is 0 Å². The third kappa shape index (κ3) is 3.47. The Morgan fingerprint density at radius 2 is 2.24 bits per heavy atom. The van der Waals surface area contributed by atoms with Crippen molar-refractivity contribution in [2.24, 2.45) is 5.92 Å². The summed E-state index contributed by atoms with van der Waals surface area (Å²) < 4.78 is 11.4. The fourth-order valence-corrected chi connectivity index (χ4v) is 3.84. The van der Waals surface area contributed by atoms with Crippen LogP contribution in [0.15, 0.2) is 30.5 Å². The van der Waals surface area contributed by atoms with Gasteiger partial charge in [0, 0.05) is 18.2 Å². The Balaban J connectivity index is 1.93. The Labute approximate surface area is 148 Å². The number of carbonyl (C=O) groups is 1. The second kappa shape index (κ2) is 7.40. The molecule has 1 aliphatic carbocycles. The molecule has 0 unspecified atom stereocenters. The first-order valence-corrected chi connectivity index (χ1v) is 8.97. The molecule has 3 rings (SSSR count). The van der Waals surface area contributed by atoms with Gasteiger partial charge in [0.05, 0.1) is 12.8 Å². The van der Waals surface area contributed by atoms with Crippen molar-refractivity contribution >= 4 is 22.5 Å². The van der Waals surface area contributed by atoms with Gasteiger partial charge in [-0.25, -0.2) is 0 Å². The van der Waals surface area contributed by atoms with Crippen molar-refractivity contribution < 1.29 is 14.3 Å². The van der Waals surface area contributed by atoms with E-state index in [1.165, 1.54) is 0 Å². The zero-order chi connectivity index (χ0) is 17.9. The predicted molar refractivity (Wildman–Crippen MR) is 98.9 cm³/mol. The molecular formula is C20H26N2O3. The summed E-state index contributed by atoms with van der Waals surface area (Å²) in [6.07, 6.45) is 5.42. The molecule has 1 saturated carbocycles. The molecule has 1 aromatic carbocycles. The lowest BCUT2D eigenvalue weighted by Crippen LogP contribution is -2.48. The number of fused-ring (bicyclic) bond motifs is 1. The van der Waals surface area contributed by atoms with Crippen molar-refractivity contribution in [2.75, 3.05) is 19.0 Å². The number of anilines is 1. The van der Waals surface area contributed by atoms with Crippen molar-refractivity contribution in [3.05, 3.63) is 30.5 Å². The standard InChI is InChI=1S/C20H26N2O3/c1-4-25-20(11-5-7-14(2)13-20)19(23)22-16-9-10-17(24-3)18-15(16)8-6-12-21-18/h6,8-10,12,14H,4-5,7,11,13H2,1-3H3,(H,22,23)/t14-,20-/m1/s1. The number of amides is 1. The largest absolute Gasteiger partial charge is 0.494 e. The molecule has 134 valence electrons. The van der Waals surface area contributed by atoms with Gasteiger partial charge in [0.2, 0.25) is 0 Å². The number of methoxy groups -OCH3 is 1. The molecule has 25 heavy (non-hydrogen) atoms. The first kappa shape index (κ1) is 17.7. The van der Waals surface area contributed by atoms with Crippen molar-refractivity contribution in [1.82, 2.24) is 4.98 Å². The molecule has 0 bridgehead atoms. The van der Waals surface area contributed by atoms with Crippen LogP contribution in [0, 0.1) is 5.92 Å². The monoisotopic (exact) mass is 342 g/mol. The summed E-state index contributed by atoms with van der Waals surface area (Å²) in [6, 6.07) is 7.50. The molecule has 1 amide bonds. The number of nitrogens with one attached hydrogen (secondary N) is 1. The Morgan fingerprint density at radius 1 is 1.40 bits per heavy atom. The third-order valence-electron chi connectivity index (χ3n) is 4.99. The zero-order valence-electron chi connectivity index (χ0n) is 15.2. The first-order valence-electron chi connectivity index (χ1n) is 8.97. The summed E-state index contributed by atoms with van der Waals surface area (Å²) in [7, 11) is 1.62. The van der Waals surface area contributed by atoms with E-state index in [-0.39, 0.29) is 5.91 Å². The average Bonchev–Trinajstić information content (AvgIpc) is 2.62. The molecule has 1 fully saturated rings. The van der Waals surface area contributed by atoms with E-state index in [2.05, 4.69) is 17.2 Å². The molecule has 0 saturated heterocycles. The predicted octanol–water partition coefficient (Wildman–Crippen LogP) is 4.17. The van der Waals surface area contributed by atoms with Crippen molar-refractivity contribution in [3.63, 3.8) is 0 Å². The summed E-state index contributed by atoms with van der Waals surface area (Å²) in [5, 5.41) is 3.96. The van der Waals surface area contributed by atoms with Crippen LogP contribution in [0.4, 0.5) is 5.69 Å². The molecule has 1 aromatic heterocycles. The maximum Gasteiger partial charge on any atom is 0.256 e. The molecule has 1 aliphatic rings. The Hall–Kier alpha value is -2.14. The normalized spacial score (nSPS) is 23.4. The van der Waals surface area contributed by atoms with Gasteiger partial charge in [0.15, 0.2) is 0 Å². The number of aromatic nitrogens is 1. The third-order valence-corrected chi connectivity index (χ3v) is 4.99. The molecule has 5 nitrogen and oxygen atoms in total. The van der Waals surface area contributed by atoms with E-state index in [9.17, 15) is 4.79 Å². The van der Waals surface area contributed by atoms with Crippen LogP contribution in [-0.4, -0.2) is 30.2 Å². The maximum absolute atomic E-state index is 13.1. The average molecular weight is 342 g/mol. The van der Waals surface area contributed by atoms with Gasteiger partial charge < -0.3 is 14.8 Å². The second-order valence-corrected chi connectivity index (χ2v) is 6.80. The number of benzene rings is 1. The topological polar surface area (TPSA) is 60.5 Å². The lowest BCUT2D eigenvalue weighted by molar-refractivity contribution is -0.147. The summed E-state index contributed by atoms with van der Waals surface area (Å²) in [6.45, 7) is 4.67. The van der Waals surface area contributed by atoms with Crippen molar-refractivity contribution in [2.45, 2.75) is 45.1 Å². The second-order valence-electron chi connectivity index (χ2n) is 6.80. The van der Waals surface area contributed by atoms with Crippen LogP contribution < -0.4 is 10.1 Å². The summed E-state index contributed by atoms with van der Waals surface area (Å²) in [4.78, 5) is 17.5. The quantitative estimate of drug-likeness (QED) is 0.886. The number of carbonyl (C=O) groups excluding carboxylic acids is 1. The van der Waals surface area contributed by atoms with Gasteiger partial charge in [0.1, 0.15) is 16.9 Å². The van der Waals surface area contributed by atoms with E-state index in [1.54, 1.807) is 13.3 Å². The molecule has 2 aromatic rings. The highest BCUT2D eigenvalue weighted by Crippen LogP contribution is 2.37. The minimum atomic E-state index is -0.735. The fourth-order valence-electron chi connectivity index (χ4n) is 3.84. The molecular weight excluding hydrogens is 316 g/mol. The van der Waals surface area contributed by atoms with Crippen LogP contribution in [0.25, 0.3) is 10.9 Å². The minimum Gasteiger partial charge on any atom is -0.494 e. The fraction of sp³-hybridized carbons (Fsp3) is 0.500. The number of pyridine rings is 1. The van der Waals surface area contributed by atoms with Gasteiger partial charge >= 0.3 is 0 Å². The lowest BCUT2D eigenvalue weighted by atomic mass is 9.78. The van der Waals surface area contributed by atoms with Crippen LogP contribution in [-0.2, 0) is 9.53 Å². The molecule has 0 spiro atoms. The van der Waals surface area contributed by atoms with Gasteiger partial charge in [-0.15, -0.1) is 0 Å². The Morgan fingerprint density at radius 3 is 2.96 bits per heavy atom. The van der Waals surface area contributed by atoms with Gasteiger partial charge in [-0.1, -0.05) is 13.3 Å². The number of ether oxygens (including phenoxy) is 2. The minimum absolute atomic E-state index is 0.0591. The molecule has 1 heterocycles. The highest BCUT2D eigenvalue weighted by atomic mass is 16.5. The number of hydrogen-bond donors (Lipinski definition) is 1. The summed E-state index contributed by atoms with van der Waals surface area (Å²) in [5.41, 5.74) is 0.748. The Kier molecular flexibility index (Phi) is 5.23. The number of hydrogen-bond acceptors (Lipinski definition) is 4. The van der Waals surface area contributed by atoms with E-state index < -0.39 is 5.60 Å². The first-order chi connectivity index (χ1) is 12.1. The van der Waals surface area contributed by atoms with Crippen LogP contribution in [0.5, 0.6) is 5.75 Å². The molecule has 1 N–H and O–H groups in total. The van der Waals surface area contributed by atoms with E-state index in [1.807, 2.05) is 31.2 Å². The van der Waals surface area contributed by atoms with Gasteiger partial charge in [0.25, 0.3) is 5.91 Å². The van der Waals surface area contributed by atoms with E-state index in [0.717, 1.165) is 42.3 Å². The number of nitrogens with zero attached hydrogens (tertiary/aromatic N) is 1. The van der Waals surface area contributed by atoms with Crippen LogP contribution >= 0.6 is 0 Å². The number of rotatable bonds is 5. The highest BCUT2D eigenvalue weighted by Gasteiger charge is 2.42. The highest BCUT2D eigenvalue weighted by molar-refractivity contribution is 6.05. The van der Waals surface area contributed by atoms with E-state index in [4.69, 9.17) is 9.47 Å². The molecule has 5 heteroatoms. The Bertz CT molecular complexity index is 758. The summed E-state index contributed by atoms with van der Waals surface area (Å²) >= 11 is 0. The maximum atomic E-state index is 13.1. The van der Waals surface area contributed by atoms with E-state index in [0.29, 0.717) is 18.3 Å². The van der Waals surface area contributed by atoms with Crippen LogP contribution in [0.1, 0.15) is 39.5 Å². The molecule has 2 atom stereocenters. The molecule has 0 aliphatic heterocycles. The smallest absolute Gasteiger partial charge is 0.256 e. The SMILES string of the molecule is CCO[C@]1(C(=O)Nc2ccc(OC)c3ncccc23)CCC[C@@H](C)C1. The lowest BCUT2D eigenvalue weighted by Gasteiger charge is -2.38. The van der Waals surface area contributed by atoms with Crippen LogP contribution in [0.3, 0.4) is 0 Å². The van der Waals surface area contributed by atoms with Crippen molar-refractivity contribution in [3.8, 4) is 5.75 Å². The summed E-state index contributed by atoms with van der Waals surface area (Å²) in [5.74, 6) is 1.12. The van der Waals surface area contributed by atoms with Gasteiger partial charge in [-0.2, -0.15) is 0 Å². The van der Waals surface area contributed by atoms with Crippen LogP contribution in [0.2, 0.25) is 0 Å². The van der Waals surface area contributed by atoms with Gasteiger partial charge in [-0.3, -0.25) is 9.78 Å². The molecule has 0 radical (unpaired) electrons.